The molecule has 1 atom stereocenters. The first kappa shape index (κ1) is 18.5. The molecule has 1 fully saturated rings. The van der Waals surface area contributed by atoms with Gasteiger partial charge < -0.3 is 19.8 Å². The number of furan rings is 1. The van der Waals surface area contributed by atoms with Crippen LogP contribution in [0.3, 0.4) is 0 Å². The topological polar surface area (TPSA) is 101 Å². The number of carbonyl (C=O) groups is 3. The van der Waals surface area contributed by atoms with E-state index in [-0.39, 0.29) is 0 Å². The summed E-state index contributed by atoms with van der Waals surface area (Å²) >= 11 is 0. The molecule has 8 nitrogen and oxygen atoms in total. The summed E-state index contributed by atoms with van der Waals surface area (Å²) in [6.45, 7) is 5.16. The van der Waals surface area contributed by atoms with E-state index >= 15 is 0 Å². The van der Waals surface area contributed by atoms with Crippen LogP contribution in [0.25, 0.3) is 0 Å². The molecule has 1 saturated heterocycles. The molecule has 4 amide bonds. The van der Waals surface area contributed by atoms with Crippen molar-refractivity contribution in [2.75, 3.05) is 18.5 Å². The van der Waals surface area contributed by atoms with Crippen molar-refractivity contribution in [3.05, 3.63) is 47.9 Å². The quantitative estimate of drug-likeness (QED) is 0.760. The van der Waals surface area contributed by atoms with Gasteiger partial charge in [-0.3, -0.25) is 14.5 Å². The lowest BCUT2D eigenvalue weighted by atomic mass is 9.99. The fourth-order valence-electron chi connectivity index (χ4n) is 2.90. The van der Waals surface area contributed by atoms with Crippen LogP contribution in [-0.2, 0) is 15.1 Å². The summed E-state index contributed by atoms with van der Waals surface area (Å²) in [4.78, 5) is 38.3. The number of benzene rings is 1. The number of urea groups is 1. The highest BCUT2D eigenvalue weighted by atomic mass is 16.5. The van der Waals surface area contributed by atoms with Crippen LogP contribution in [0.1, 0.15) is 25.4 Å². The Kier molecular flexibility index (Phi) is 4.89. The minimum Gasteiger partial charge on any atom is -0.492 e. The Bertz CT molecular complexity index is 891. The van der Waals surface area contributed by atoms with Crippen LogP contribution in [0.2, 0.25) is 0 Å². The molecule has 2 heterocycles. The van der Waals surface area contributed by atoms with Crippen LogP contribution >= 0.6 is 0 Å². The summed E-state index contributed by atoms with van der Waals surface area (Å²) in [5.74, 6) is 0.405. The van der Waals surface area contributed by atoms with Crippen molar-refractivity contribution >= 4 is 23.5 Å². The lowest BCUT2D eigenvalue weighted by Gasteiger charge is -2.19. The normalized spacial score (nSPS) is 19.1. The number of nitrogens with zero attached hydrogens (tertiary/aromatic N) is 1. The molecule has 1 aromatic heterocycles. The Balaban J connectivity index is 1.73. The second-order valence-corrected chi connectivity index (χ2v) is 6.33. The Morgan fingerprint density at radius 2 is 2.00 bits per heavy atom. The van der Waals surface area contributed by atoms with Crippen molar-refractivity contribution < 1.29 is 23.5 Å². The molecule has 142 valence electrons. The van der Waals surface area contributed by atoms with Gasteiger partial charge in [-0.05, 0) is 45.0 Å². The summed E-state index contributed by atoms with van der Waals surface area (Å²) in [7, 11) is 0. The third kappa shape index (κ3) is 3.51. The van der Waals surface area contributed by atoms with Gasteiger partial charge in [0.1, 0.15) is 23.8 Å². The van der Waals surface area contributed by atoms with E-state index in [0.29, 0.717) is 29.6 Å². The average molecular weight is 371 g/mol. The predicted molar refractivity (Wildman–Crippen MR) is 97.3 cm³/mol. The number of anilines is 1. The van der Waals surface area contributed by atoms with Crippen molar-refractivity contribution in [3.8, 4) is 5.75 Å². The molecule has 0 aliphatic carbocycles. The molecule has 8 heteroatoms. The van der Waals surface area contributed by atoms with E-state index in [2.05, 4.69) is 10.6 Å². The lowest BCUT2D eigenvalue weighted by molar-refractivity contribution is -0.134. The first-order valence-corrected chi connectivity index (χ1v) is 8.58. The van der Waals surface area contributed by atoms with Gasteiger partial charge in [0.2, 0.25) is 5.91 Å². The summed E-state index contributed by atoms with van der Waals surface area (Å²) in [6, 6.07) is 9.64. The molecule has 2 N–H and O–H groups in total. The second kappa shape index (κ2) is 7.14. The molecule has 1 aliphatic rings. The van der Waals surface area contributed by atoms with Crippen molar-refractivity contribution in [3.63, 3.8) is 0 Å². The summed E-state index contributed by atoms with van der Waals surface area (Å²) in [5.41, 5.74) is -0.865. The molecule has 3 rings (SSSR count). The summed E-state index contributed by atoms with van der Waals surface area (Å²) in [6.07, 6.45) is 0. The highest BCUT2D eigenvalue weighted by Crippen LogP contribution is 2.30. The lowest BCUT2D eigenvalue weighted by Crippen LogP contribution is -2.41. The van der Waals surface area contributed by atoms with Gasteiger partial charge in [0.05, 0.1) is 12.3 Å². The number of aryl methyl sites for hydroxylation is 1. The minimum absolute atomic E-state index is 0.322. The van der Waals surface area contributed by atoms with Gasteiger partial charge in [0.25, 0.3) is 5.91 Å². The van der Waals surface area contributed by atoms with Gasteiger partial charge in [0, 0.05) is 0 Å². The van der Waals surface area contributed by atoms with Gasteiger partial charge >= 0.3 is 6.03 Å². The number of amides is 4. The fourth-order valence-corrected chi connectivity index (χ4v) is 2.90. The number of carbonyl (C=O) groups excluding carboxylic acids is 3. The van der Waals surface area contributed by atoms with Crippen LogP contribution in [0, 0.1) is 6.92 Å². The largest absolute Gasteiger partial charge is 0.492 e. The molecule has 2 aromatic rings. The maximum atomic E-state index is 12.8. The van der Waals surface area contributed by atoms with Crippen LogP contribution in [0.15, 0.2) is 40.8 Å². The van der Waals surface area contributed by atoms with Gasteiger partial charge in [-0.15, -0.1) is 0 Å². The number of hydrogen-bond acceptors (Lipinski definition) is 5. The molecular formula is C19H21N3O5. The van der Waals surface area contributed by atoms with E-state index < -0.39 is 29.9 Å². The molecule has 0 spiro atoms. The van der Waals surface area contributed by atoms with E-state index in [9.17, 15) is 14.4 Å². The number of nitrogens with one attached hydrogen (secondary N) is 2. The number of imide groups is 1. The zero-order chi connectivity index (χ0) is 19.6. The maximum Gasteiger partial charge on any atom is 0.325 e. The molecule has 0 unspecified atom stereocenters. The van der Waals surface area contributed by atoms with Crippen molar-refractivity contribution in [2.45, 2.75) is 26.3 Å². The van der Waals surface area contributed by atoms with Crippen LogP contribution < -0.4 is 15.4 Å². The highest BCUT2D eigenvalue weighted by Gasteiger charge is 2.51. The van der Waals surface area contributed by atoms with E-state index in [1.807, 2.05) is 6.92 Å². The summed E-state index contributed by atoms with van der Waals surface area (Å²) < 4.78 is 11.0. The highest BCUT2D eigenvalue weighted by molar-refractivity contribution is 6.10. The van der Waals surface area contributed by atoms with Gasteiger partial charge in [-0.1, -0.05) is 12.1 Å². The zero-order valence-electron chi connectivity index (χ0n) is 15.4. The molecule has 0 saturated carbocycles. The predicted octanol–water partition coefficient (Wildman–Crippen LogP) is 2.39. The number of rotatable bonds is 6. The van der Waals surface area contributed by atoms with Crippen molar-refractivity contribution in [1.82, 2.24) is 10.2 Å². The van der Waals surface area contributed by atoms with E-state index in [1.54, 1.807) is 50.2 Å². The Labute approximate surface area is 156 Å². The SMILES string of the molecule is CCOc1ccccc1NC(=O)CN1C(=O)N[C@](C)(c2ccc(C)o2)C1=O. The zero-order valence-corrected chi connectivity index (χ0v) is 15.4. The maximum absolute atomic E-state index is 12.8. The first-order valence-electron chi connectivity index (χ1n) is 8.58. The van der Waals surface area contributed by atoms with Crippen molar-refractivity contribution in [1.29, 1.82) is 0 Å². The van der Waals surface area contributed by atoms with E-state index in [1.165, 1.54) is 0 Å². The Morgan fingerprint density at radius 1 is 1.26 bits per heavy atom. The van der Waals surface area contributed by atoms with Crippen LogP contribution in [-0.4, -0.2) is 35.9 Å². The third-order valence-corrected chi connectivity index (χ3v) is 4.27. The third-order valence-electron chi connectivity index (χ3n) is 4.27. The average Bonchev–Trinajstić information content (AvgIpc) is 3.15. The van der Waals surface area contributed by atoms with Gasteiger partial charge in [0.15, 0.2) is 5.54 Å². The standard InChI is InChI=1S/C19H21N3O5/c1-4-26-14-8-6-5-7-13(14)20-16(23)11-22-17(24)19(3,21-18(22)25)15-10-9-12(2)27-15/h5-10H,4,11H2,1-3H3,(H,20,23)(H,21,25)/t19-/m1/s1. The molecule has 1 aromatic carbocycles. The monoisotopic (exact) mass is 371 g/mol. The van der Waals surface area contributed by atoms with E-state index in [4.69, 9.17) is 9.15 Å². The second-order valence-electron chi connectivity index (χ2n) is 6.33. The van der Waals surface area contributed by atoms with Crippen LogP contribution in [0.5, 0.6) is 5.75 Å². The molecule has 27 heavy (non-hydrogen) atoms. The number of ether oxygens (including phenoxy) is 1. The fraction of sp³-hybridized carbons (Fsp3) is 0.316. The Hall–Kier alpha value is -3.29. The number of para-hydroxylation sites is 2. The molecule has 0 bridgehead atoms. The molecule has 0 radical (unpaired) electrons. The van der Waals surface area contributed by atoms with Crippen molar-refractivity contribution in [2.24, 2.45) is 0 Å². The van der Waals surface area contributed by atoms with Gasteiger partial charge in [-0.25, -0.2) is 4.79 Å². The summed E-state index contributed by atoms with van der Waals surface area (Å²) in [5, 5.41) is 5.27. The first-order chi connectivity index (χ1) is 12.8. The minimum atomic E-state index is -1.34. The molecule has 1 aliphatic heterocycles. The Morgan fingerprint density at radius 3 is 2.67 bits per heavy atom. The van der Waals surface area contributed by atoms with Crippen LogP contribution in [0.4, 0.5) is 10.5 Å². The molecular weight excluding hydrogens is 350 g/mol. The number of hydrogen-bond donors (Lipinski definition) is 2. The van der Waals surface area contributed by atoms with Gasteiger partial charge in [-0.2, -0.15) is 0 Å². The smallest absolute Gasteiger partial charge is 0.325 e. The van der Waals surface area contributed by atoms with E-state index in [0.717, 1.165) is 4.90 Å².